The van der Waals surface area contributed by atoms with Gasteiger partial charge in [0, 0.05) is 0 Å². The van der Waals surface area contributed by atoms with Crippen molar-refractivity contribution in [2.45, 2.75) is 25.2 Å². The van der Waals surface area contributed by atoms with Crippen molar-refractivity contribution in [2.24, 2.45) is 0 Å². The molecule has 2 aromatic heterocycles. The molecule has 0 saturated heterocycles. The smallest absolute Gasteiger partial charge is 0.367 e. The number of anilines is 1. The van der Waals surface area contributed by atoms with Gasteiger partial charge in [0.2, 0.25) is 5.95 Å². The predicted octanol–water partition coefficient (Wildman–Crippen LogP) is 3.14. The number of nitrogens with two attached hydrogens (primary N) is 1. The van der Waals surface area contributed by atoms with E-state index in [-0.39, 0.29) is 4.52 Å². The largest absolute Gasteiger partial charge is 0.421 e. The maximum Gasteiger partial charge on any atom is 0.421 e. The molecule has 0 aliphatic rings. The third-order valence-electron chi connectivity index (χ3n) is 2.86. The highest BCUT2D eigenvalue weighted by atomic mass is 19.4. The van der Waals surface area contributed by atoms with Gasteiger partial charge in [-0.15, -0.1) is 5.10 Å². The fourth-order valence-corrected chi connectivity index (χ4v) is 1.87. The number of hydrogen-bond donors (Lipinski definition) is 1. The van der Waals surface area contributed by atoms with E-state index in [4.69, 9.17) is 5.73 Å². The number of rotatable bonds is 1. The second-order valence-corrected chi connectivity index (χ2v) is 4.25. The van der Waals surface area contributed by atoms with Gasteiger partial charge in [-0.1, -0.05) is 0 Å². The molecule has 2 heterocycles. The van der Waals surface area contributed by atoms with Crippen molar-refractivity contribution >= 4 is 11.5 Å². The number of fused-ring (bicyclic) bond motifs is 1. The summed E-state index contributed by atoms with van der Waals surface area (Å²) in [5.41, 5.74) is 0.926. The molecule has 0 saturated carbocycles. The summed E-state index contributed by atoms with van der Waals surface area (Å²) in [6, 6.07) is 0. The Kier molecular flexibility index (Phi) is 3.26. The monoisotopic (exact) mass is 316 g/mol. The van der Waals surface area contributed by atoms with E-state index in [1.807, 2.05) is 0 Å². The van der Waals surface area contributed by atoms with Crippen molar-refractivity contribution in [2.75, 3.05) is 5.73 Å². The Hall–Kier alpha value is -2.07. The molecule has 0 amide bonds. The van der Waals surface area contributed by atoms with Crippen molar-refractivity contribution in [1.82, 2.24) is 14.6 Å². The Bertz CT molecular complexity index is 685. The second-order valence-electron chi connectivity index (χ2n) is 4.25. The molecule has 0 fully saturated rings. The minimum absolute atomic E-state index is 0.193. The third kappa shape index (κ3) is 2.47. The van der Waals surface area contributed by atoms with Gasteiger partial charge >= 0.3 is 12.4 Å². The number of nitrogens with zero attached hydrogens (tertiary/aromatic N) is 3. The Morgan fingerprint density at radius 2 is 1.76 bits per heavy atom. The molecular weight excluding hydrogens is 309 g/mol. The van der Waals surface area contributed by atoms with Crippen LogP contribution >= 0.6 is 0 Å². The minimum atomic E-state index is -5.32. The lowest BCUT2D eigenvalue weighted by Crippen LogP contribution is -2.23. The molecule has 0 aromatic carbocycles. The number of halogens is 7. The predicted molar refractivity (Wildman–Crippen MR) is 56.8 cm³/mol. The van der Waals surface area contributed by atoms with Crippen LogP contribution in [0.3, 0.4) is 0 Å². The van der Waals surface area contributed by atoms with Crippen molar-refractivity contribution in [1.29, 1.82) is 0 Å². The standard InChI is InChI=1S/C10H7F7N4/c1-3(9(12,13)14)7-5(10(15,16)17)6(11)4-2-19-8(18)20-21(4)7/h2-3H,1H3,(H2,18,20). The van der Waals surface area contributed by atoms with Gasteiger partial charge in [0.25, 0.3) is 0 Å². The minimum Gasteiger partial charge on any atom is -0.367 e. The van der Waals surface area contributed by atoms with E-state index < -0.39 is 46.8 Å². The topological polar surface area (TPSA) is 56.2 Å². The number of aromatic nitrogens is 3. The van der Waals surface area contributed by atoms with Crippen LogP contribution < -0.4 is 5.73 Å². The molecule has 4 nitrogen and oxygen atoms in total. The van der Waals surface area contributed by atoms with Crippen LogP contribution in [0.15, 0.2) is 6.20 Å². The van der Waals surface area contributed by atoms with Gasteiger partial charge in [-0.25, -0.2) is 13.9 Å². The average molecular weight is 316 g/mol. The van der Waals surface area contributed by atoms with Crippen LogP contribution in [0.2, 0.25) is 0 Å². The molecule has 21 heavy (non-hydrogen) atoms. The van der Waals surface area contributed by atoms with Crippen molar-refractivity contribution < 1.29 is 30.7 Å². The molecule has 2 N–H and O–H groups in total. The van der Waals surface area contributed by atoms with Crippen LogP contribution in [-0.2, 0) is 6.18 Å². The van der Waals surface area contributed by atoms with Gasteiger partial charge in [-0.05, 0) is 6.92 Å². The first-order valence-electron chi connectivity index (χ1n) is 5.41. The molecule has 0 aliphatic carbocycles. The fourth-order valence-electron chi connectivity index (χ4n) is 1.87. The zero-order valence-corrected chi connectivity index (χ0v) is 10.2. The van der Waals surface area contributed by atoms with Crippen LogP contribution in [-0.4, -0.2) is 20.8 Å². The zero-order valence-electron chi connectivity index (χ0n) is 10.2. The summed E-state index contributed by atoms with van der Waals surface area (Å²) in [6.45, 7) is 0.481. The molecule has 0 bridgehead atoms. The van der Waals surface area contributed by atoms with E-state index in [9.17, 15) is 30.7 Å². The molecule has 0 radical (unpaired) electrons. The van der Waals surface area contributed by atoms with Gasteiger partial charge in [0.05, 0.1) is 17.8 Å². The Balaban J connectivity index is 2.91. The van der Waals surface area contributed by atoms with E-state index in [0.29, 0.717) is 13.1 Å². The van der Waals surface area contributed by atoms with Gasteiger partial charge in [0.15, 0.2) is 5.82 Å². The van der Waals surface area contributed by atoms with Gasteiger partial charge < -0.3 is 5.73 Å². The van der Waals surface area contributed by atoms with Crippen LogP contribution in [0.4, 0.5) is 36.7 Å². The highest BCUT2D eigenvalue weighted by Gasteiger charge is 2.48. The Labute approximate surface area is 112 Å². The molecule has 2 rings (SSSR count). The van der Waals surface area contributed by atoms with E-state index >= 15 is 0 Å². The van der Waals surface area contributed by atoms with E-state index in [0.717, 1.165) is 0 Å². The second kappa shape index (κ2) is 4.46. The first-order chi connectivity index (χ1) is 9.44. The van der Waals surface area contributed by atoms with Gasteiger partial charge in [-0.3, -0.25) is 0 Å². The van der Waals surface area contributed by atoms with Crippen LogP contribution in [0.1, 0.15) is 24.1 Å². The average Bonchev–Trinajstić information content (AvgIpc) is 2.59. The number of hydrogen-bond acceptors (Lipinski definition) is 3. The summed E-state index contributed by atoms with van der Waals surface area (Å²) in [5.74, 6) is -5.05. The molecule has 2 aromatic rings. The first-order valence-corrected chi connectivity index (χ1v) is 5.41. The Morgan fingerprint density at radius 1 is 1.19 bits per heavy atom. The maximum absolute atomic E-state index is 13.8. The van der Waals surface area contributed by atoms with Gasteiger partial charge in [-0.2, -0.15) is 26.3 Å². The van der Waals surface area contributed by atoms with Gasteiger partial charge in [0.1, 0.15) is 11.1 Å². The normalized spacial score (nSPS) is 14.7. The molecule has 11 heteroatoms. The third-order valence-corrected chi connectivity index (χ3v) is 2.86. The summed E-state index contributed by atoms with van der Waals surface area (Å²) < 4.78 is 91.0. The van der Waals surface area contributed by atoms with Crippen LogP contribution in [0.5, 0.6) is 0 Å². The molecular formula is C10H7F7N4. The van der Waals surface area contributed by atoms with Crippen LogP contribution in [0.25, 0.3) is 5.52 Å². The molecule has 1 atom stereocenters. The molecule has 0 spiro atoms. The molecule has 1 unspecified atom stereocenters. The lowest BCUT2D eigenvalue weighted by Gasteiger charge is -2.18. The van der Waals surface area contributed by atoms with Crippen molar-refractivity contribution in [3.63, 3.8) is 0 Å². The SMILES string of the molecule is CC(c1c(C(F)(F)F)c(F)c2cnc(N)nn12)C(F)(F)F. The lowest BCUT2D eigenvalue weighted by molar-refractivity contribution is -0.155. The molecule has 116 valence electrons. The number of nitrogen functional groups attached to an aromatic ring is 1. The fraction of sp³-hybridized carbons (Fsp3) is 0.400. The van der Waals surface area contributed by atoms with Crippen LogP contribution in [0, 0.1) is 5.82 Å². The van der Waals surface area contributed by atoms with E-state index in [1.165, 1.54) is 0 Å². The summed E-state index contributed by atoms with van der Waals surface area (Å²) in [6.07, 6.45) is -9.73. The highest BCUT2D eigenvalue weighted by molar-refractivity contribution is 5.55. The lowest BCUT2D eigenvalue weighted by atomic mass is 10.0. The summed E-state index contributed by atoms with van der Waals surface area (Å²) in [4.78, 5) is 3.28. The maximum atomic E-state index is 13.8. The Morgan fingerprint density at radius 3 is 2.24 bits per heavy atom. The van der Waals surface area contributed by atoms with Crippen molar-refractivity contribution in [3.8, 4) is 0 Å². The summed E-state index contributed by atoms with van der Waals surface area (Å²) in [5, 5.41) is 3.25. The molecule has 0 aliphatic heterocycles. The summed E-state index contributed by atoms with van der Waals surface area (Å²) >= 11 is 0. The van der Waals surface area contributed by atoms with E-state index in [2.05, 4.69) is 10.1 Å². The summed E-state index contributed by atoms with van der Waals surface area (Å²) in [7, 11) is 0. The van der Waals surface area contributed by atoms with E-state index in [1.54, 1.807) is 0 Å². The highest BCUT2D eigenvalue weighted by Crippen LogP contribution is 2.44. The quantitative estimate of drug-likeness (QED) is 0.822. The van der Waals surface area contributed by atoms with Crippen molar-refractivity contribution in [3.05, 3.63) is 23.3 Å². The first kappa shape index (κ1) is 15.3. The zero-order chi connectivity index (χ0) is 16.2. The number of alkyl halides is 6.